The minimum Gasteiger partial charge on any atom is -0.328 e. The molecular weight excluding hydrogens is 178 g/mol. The summed E-state index contributed by atoms with van der Waals surface area (Å²) in [7, 11) is 0. The third-order valence-electron chi connectivity index (χ3n) is 1.33. The molecule has 1 heterocycles. The van der Waals surface area contributed by atoms with Gasteiger partial charge in [0.15, 0.2) is 0 Å². The summed E-state index contributed by atoms with van der Waals surface area (Å²) in [6, 6.07) is -1.37. The van der Waals surface area contributed by atoms with E-state index in [1.54, 1.807) is 0 Å². The molecule has 1 unspecified atom stereocenters. The van der Waals surface area contributed by atoms with E-state index in [4.69, 9.17) is 0 Å². The zero-order valence-electron chi connectivity index (χ0n) is 6.78. The van der Waals surface area contributed by atoms with Gasteiger partial charge in [0.25, 0.3) is 0 Å². The van der Waals surface area contributed by atoms with Gasteiger partial charge in [-0.05, 0) is 0 Å². The molecule has 70 valence electrons. The van der Waals surface area contributed by atoms with Crippen LogP contribution in [0, 0.1) is 10.1 Å². The fourth-order valence-electron chi connectivity index (χ4n) is 0.567. The van der Waals surface area contributed by atoms with Gasteiger partial charge in [-0.25, -0.2) is 9.78 Å². The molecule has 0 aliphatic rings. The van der Waals surface area contributed by atoms with Crippen LogP contribution in [0.3, 0.4) is 0 Å². The fourth-order valence-corrected chi connectivity index (χ4v) is 0.567. The van der Waals surface area contributed by atoms with Gasteiger partial charge in [-0.1, -0.05) is 0 Å². The minimum absolute atomic E-state index is 0.723. The predicted octanol–water partition coefficient (Wildman–Crippen LogP) is -0.496. The topological polar surface area (TPSA) is 87.3 Å². The smallest absolute Gasteiger partial charge is 0.328 e. The van der Waals surface area contributed by atoms with E-state index >= 15 is 0 Å². The lowest BCUT2D eigenvalue weighted by Crippen LogP contribution is -2.33. The van der Waals surface area contributed by atoms with Crippen molar-refractivity contribution in [3.05, 3.63) is 28.8 Å². The van der Waals surface area contributed by atoms with Crippen molar-refractivity contribution in [2.24, 2.45) is 0 Å². The van der Waals surface area contributed by atoms with Crippen LogP contribution >= 0.6 is 0 Å². The molecule has 0 bridgehead atoms. The van der Waals surface area contributed by atoms with Crippen molar-refractivity contribution < 1.29 is 14.6 Å². The van der Waals surface area contributed by atoms with E-state index in [2.05, 4.69) is 9.82 Å². The SMILES string of the molecule is CC(C(=O)On1ccnc1)[N+](=O)[O-]. The Hall–Kier alpha value is -1.92. The van der Waals surface area contributed by atoms with E-state index in [1.165, 1.54) is 18.7 Å². The normalized spacial score (nSPS) is 12.1. The van der Waals surface area contributed by atoms with Crippen molar-refractivity contribution in [3.8, 4) is 0 Å². The van der Waals surface area contributed by atoms with Gasteiger partial charge >= 0.3 is 12.0 Å². The average Bonchev–Trinajstić information content (AvgIpc) is 2.55. The van der Waals surface area contributed by atoms with Gasteiger partial charge in [0, 0.05) is 18.0 Å². The van der Waals surface area contributed by atoms with Crippen LogP contribution in [-0.4, -0.2) is 26.6 Å². The van der Waals surface area contributed by atoms with Crippen LogP contribution in [0.15, 0.2) is 18.7 Å². The van der Waals surface area contributed by atoms with E-state index in [0.29, 0.717) is 0 Å². The maximum Gasteiger partial charge on any atom is 0.406 e. The second-order valence-electron chi connectivity index (χ2n) is 2.29. The van der Waals surface area contributed by atoms with Crippen LogP contribution in [0.1, 0.15) is 6.92 Å². The van der Waals surface area contributed by atoms with Gasteiger partial charge < -0.3 is 4.84 Å². The number of imidazole rings is 1. The summed E-state index contributed by atoms with van der Waals surface area (Å²) in [6.45, 7) is 1.15. The number of carbonyl (C=O) groups excluding carboxylic acids is 1. The molecule has 0 saturated carbocycles. The van der Waals surface area contributed by atoms with E-state index < -0.39 is 16.9 Å². The third-order valence-corrected chi connectivity index (χ3v) is 1.33. The fraction of sp³-hybridized carbons (Fsp3) is 0.333. The maximum absolute atomic E-state index is 10.9. The summed E-state index contributed by atoms with van der Waals surface area (Å²) >= 11 is 0. The standard InChI is InChI=1S/C6H7N3O4/c1-5(9(11)12)6(10)13-8-3-2-7-4-8/h2-5H,1H3. The first kappa shape index (κ1) is 9.17. The molecule has 7 heteroatoms. The van der Waals surface area contributed by atoms with Gasteiger partial charge in [-0.2, -0.15) is 4.73 Å². The Morgan fingerprint density at radius 3 is 2.92 bits per heavy atom. The third kappa shape index (κ3) is 2.26. The van der Waals surface area contributed by atoms with Crippen molar-refractivity contribution in [2.75, 3.05) is 0 Å². The average molecular weight is 185 g/mol. The summed E-state index contributed by atoms with van der Waals surface area (Å²) in [6.07, 6.45) is 3.99. The van der Waals surface area contributed by atoms with Gasteiger partial charge in [-0.15, -0.1) is 0 Å². The molecule has 0 aromatic carbocycles. The summed E-state index contributed by atoms with van der Waals surface area (Å²) in [5.41, 5.74) is 0. The monoisotopic (exact) mass is 185 g/mol. The number of nitro groups is 1. The van der Waals surface area contributed by atoms with Crippen molar-refractivity contribution in [1.82, 2.24) is 9.71 Å². The lowest BCUT2D eigenvalue weighted by atomic mass is 10.4. The quantitative estimate of drug-likeness (QED) is 0.468. The molecule has 0 aliphatic heterocycles. The molecule has 1 aromatic heterocycles. The van der Waals surface area contributed by atoms with Crippen LogP contribution in [0.4, 0.5) is 0 Å². The van der Waals surface area contributed by atoms with Crippen molar-refractivity contribution in [2.45, 2.75) is 13.0 Å². The number of carbonyl (C=O) groups is 1. The summed E-state index contributed by atoms with van der Waals surface area (Å²) in [5, 5.41) is 10.1. The van der Waals surface area contributed by atoms with Crippen molar-refractivity contribution >= 4 is 5.97 Å². The number of aromatic nitrogens is 2. The molecule has 1 atom stereocenters. The highest BCUT2D eigenvalue weighted by Crippen LogP contribution is 1.90. The number of hydrogen-bond donors (Lipinski definition) is 0. The number of nitrogens with zero attached hydrogens (tertiary/aromatic N) is 3. The second kappa shape index (κ2) is 3.65. The predicted molar refractivity (Wildman–Crippen MR) is 40.3 cm³/mol. The lowest BCUT2D eigenvalue weighted by molar-refractivity contribution is -0.506. The first-order chi connectivity index (χ1) is 6.11. The first-order valence-electron chi connectivity index (χ1n) is 3.45. The Balaban J connectivity index is 2.56. The summed E-state index contributed by atoms with van der Waals surface area (Å²) in [4.78, 5) is 28.5. The Kier molecular flexibility index (Phi) is 2.58. The molecule has 0 N–H and O–H groups in total. The van der Waals surface area contributed by atoms with E-state index in [1.807, 2.05) is 0 Å². The lowest BCUT2D eigenvalue weighted by Gasteiger charge is -2.03. The molecule has 1 rings (SSSR count). The number of rotatable bonds is 3. The summed E-state index contributed by atoms with van der Waals surface area (Å²) < 4.78 is 1.00. The molecule has 0 radical (unpaired) electrons. The molecule has 0 spiro atoms. The zero-order valence-corrected chi connectivity index (χ0v) is 6.78. The maximum atomic E-state index is 10.9. The van der Waals surface area contributed by atoms with E-state index in [0.717, 1.165) is 11.7 Å². The zero-order chi connectivity index (χ0) is 9.84. The van der Waals surface area contributed by atoms with Gasteiger partial charge in [-0.3, -0.25) is 10.1 Å². The van der Waals surface area contributed by atoms with Gasteiger partial charge in [0.05, 0.1) is 6.20 Å². The largest absolute Gasteiger partial charge is 0.406 e. The number of hydrogen-bond acceptors (Lipinski definition) is 5. The van der Waals surface area contributed by atoms with Crippen molar-refractivity contribution in [3.63, 3.8) is 0 Å². The Morgan fingerprint density at radius 2 is 2.46 bits per heavy atom. The Labute approximate surface area is 73.0 Å². The van der Waals surface area contributed by atoms with E-state index in [9.17, 15) is 14.9 Å². The first-order valence-corrected chi connectivity index (χ1v) is 3.45. The highest BCUT2D eigenvalue weighted by atomic mass is 16.7. The van der Waals surface area contributed by atoms with Crippen LogP contribution in [0.25, 0.3) is 0 Å². The molecule has 7 nitrogen and oxygen atoms in total. The highest BCUT2D eigenvalue weighted by Gasteiger charge is 2.26. The van der Waals surface area contributed by atoms with Crippen LogP contribution < -0.4 is 4.84 Å². The van der Waals surface area contributed by atoms with E-state index in [-0.39, 0.29) is 0 Å². The van der Waals surface area contributed by atoms with Crippen molar-refractivity contribution in [1.29, 1.82) is 0 Å². The molecule has 0 aliphatic carbocycles. The summed E-state index contributed by atoms with van der Waals surface area (Å²) in [5.74, 6) is -0.928. The molecule has 0 saturated heterocycles. The van der Waals surface area contributed by atoms with Gasteiger partial charge in [0.1, 0.15) is 6.33 Å². The van der Waals surface area contributed by atoms with Gasteiger partial charge in [0.2, 0.25) is 0 Å². The molecule has 0 fully saturated rings. The minimum atomic E-state index is -1.37. The highest BCUT2D eigenvalue weighted by molar-refractivity contribution is 5.74. The second-order valence-corrected chi connectivity index (χ2v) is 2.29. The molecular formula is C6H7N3O4. The molecule has 0 amide bonds. The Bertz CT molecular complexity index is 308. The van der Waals surface area contributed by atoms with Crippen LogP contribution in [-0.2, 0) is 4.79 Å². The molecule has 1 aromatic rings. The van der Waals surface area contributed by atoms with Crippen LogP contribution in [0.2, 0.25) is 0 Å². The Morgan fingerprint density at radius 1 is 1.77 bits per heavy atom. The van der Waals surface area contributed by atoms with Crippen LogP contribution in [0.5, 0.6) is 0 Å². The molecule has 13 heavy (non-hydrogen) atoms.